The second-order valence-corrected chi connectivity index (χ2v) is 5.02. The molecule has 1 aliphatic rings. The minimum atomic E-state index is 0.565. The van der Waals surface area contributed by atoms with Crippen LogP contribution in [0, 0.1) is 6.92 Å². The van der Waals surface area contributed by atoms with E-state index in [9.17, 15) is 0 Å². The van der Waals surface area contributed by atoms with E-state index in [0.717, 1.165) is 0 Å². The fourth-order valence-corrected chi connectivity index (χ4v) is 2.19. The quantitative estimate of drug-likeness (QED) is 0.850. The van der Waals surface area contributed by atoms with Crippen molar-refractivity contribution < 1.29 is 0 Å². The van der Waals surface area contributed by atoms with Gasteiger partial charge in [0.15, 0.2) is 0 Å². The summed E-state index contributed by atoms with van der Waals surface area (Å²) in [7, 11) is 2.11. The van der Waals surface area contributed by atoms with Crippen molar-refractivity contribution in [2.24, 2.45) is 0 Å². The number of nitrogens with one attached hydrogen (secondary N) is 1. The number of rotatable bonds is 4. The van der Waals surface area contributed by atoms with Crippen molar-refractivity contribution in [1.82, 2.24) is 10.3 Å². The molecule has 0 saturated heterocycles. The maximum atomic E-state index is 3.88. The third-order valence-corrected chi connectivity index (χ3v) is 3.66. The van der Waals surface area contributed by atoms with Gasteiger partial charge in [-0.05, 0) is 51.3 Å². The van der Waals surface area contributed by atoms with E-state index in [1.54, 1.807) is 6.20 Å². The van der Waals surface area contributed by atoms with Crippen LogP contribution in [0.4, 0.5) is 0 Å². The van der Waals surface area contributed by atoms with Gasteiger partial charge in [0.1, 0.15) is 0 Å². The van der Waals surface area contributed by atoms with Crippen molar-refractivity contribution in [1.29, 1.82) is 0 Å². The van der Waals surface area contributed by atoms with E-state index >= 15 is 0 Å². The van der Waals surface area contributed by atoms with Crippen LogP contribution < -0.4 is 5.32 Å². The van der Waals surface area contributed by atoms with Gasteiger partial charge < -0.3 is 5.32 Å². The first-order chi connectivity index (χ1) is 9.22. The van der Waals surface area contributed by atoms with Crippen LogP contribution >= 0.6 is 0 Å². The molecule has 0 spiro atoms. The molecule has 1 heterocycles. The Bertz CT molecular complexity index is 286. The second-order valence-electron chi connectivity index (χ2n) is 5.02. The molecular formula is C17H32N2. The first kappa shape index (κ1) is 18.1. The predicted molar refractivity (Wildman–Crippen MR) is 85.5 cm³/mol. The van der Waals surface area contributed by atoms with Gasteiger partial charge in [0, 0.05) is 17.9 Å². The molecule has 2 heteroatoms. The van der Waals surface area contributed by atoms with Crippen LogP contribution in [0.5, 0.6) is 0 Å². The summed E-state index contributed by atoms with van der Waals surface area (Å²) in [5, 5.41) is 3.45. The van der Waals surface area contributed by atoms with E-state index < -0.39 is 0 Å². The highest BCUT2D eigenvalue weighted by Crippen LogP contribution is 2.35. The molecule has 2 rings (SSSR count). The summed E-state index contributed by atoms with van der Waals surface area (Å²) in [5.74, 6) is 0. The molecule has 1 aromatic heterocycles. The summed E-state index contributed by atoms with van der Waals surface area (Å²) < 4.78 is 0. The standard InChI is InChI=1S/C9H19N.C6H7N.C2H6/c1-3-4-6-9(10-2)7-5-8-9;1-6-3-2-4-7-5-6;1-2/h10H,3-8H2,1-2H3;2-5H,1H3;1-2H3. The number of aromatic nitrogens is 1. The number of nitrogens with zero attached hydrogens (tertiary/aromatic N) is 1. The molecule has 1 aromatic rings. The van der Waals surface area contributed by atoms with Crippen molar-refractivity contribution in [2.45, 2.75) is 71.8 Å². The van der Waals surface area contributed by atoms with Crippen LogP contribution in [0.25, 0.3) is 0 Å². The van der Waals surface area contributed by atoms with Gasteiger partial charge in [-0.2, -0.15) is 0 Å². The topological polar surface area (TPSA) is 24.9 Å². The van der Waals surface area contributed by atoms with Gasteiger partial charge in [-0.3, -0.25) is 4.98 Å². The number of hydrogen-bond acceptors (Lipinski definition) is 2. The Morgan fingerprint density at radius 2 is 2.00 bits per heavy atom. The van der Waals surface area contributed by atoms with E-state index in [1.807, 2.05) is 39.1 Å². The lowest BCUT2D eigenvalue weighted by Gasteiger charge is -2.42. The minimum absolute atomic E-state index is 0.565. The molecule has 0 aliphatic heterocycles. The Labute approximate surface area is 120 Å². The third-order valence-electron chi connectivity index (χ3n) is 3.66. The second kappa shape index (κ2) is 11.0. The van der Waals surface area contributed by atoms with Gasteiger partial charge >= 0.3 is 0 Å². The van der Waals surface area contributed by atoms with E-state index in [-0.39, 0.29) is 0 Å². The molecule has 0 radical (unpaired) electrons. The fourth-order valence-electron chi connectivity index (χ4n) is 2.19. The Hall–Kier alpha value is -0.890. The molecule has 2 nitrogen and oxygen atoms in total. The zero-order valence-electron chi connectivity index (χ0n) is 13.5. The molecule has 1 aliphatic carbocycles. The lowest BCUT2D eigenvalue weighted by atomic mass is 9.73. The van der Waals surface area contributed by atoms with Gasteiger partial charge in [0.05, 0.1) is 0 Å². The smallest absolute Gasteiger partial charge is 0.0297 e. The monoisotopic (exact) mass is 264 g/mol. The average molecular weight is 264 g/mol. The molecule has 0 amide bonds. The van der Waals surface area contributed by atoms with E-state index in [4.69, 9.17) is 0 Å². The van der Waals surface area contributed by atoms with Crippen molar-refractivity contribution in [3.8, 4) is 0 Å². The Kier molecular flexibility index (Phi) is 10.5. The molecule has 1 fully saturated rings. The van der Waals surface area contributed by atoms with Crippen molar-refractivity contribution in [3.05, 3.63) is 30.1 Å². The van der Waals surface area contributed by atoms with E-state index in [2.05, 4.69) is 24.3 Å². The van der Waals surface area contributed by atoms with Gasteiger partial charge in [-0.1, -0.05) is 39.7 Å². The maximum absolute atomic E-state index is 3.88. The van der Waals surface area contributed by atoms with E-state index in [0.29, 0.717) is 5.54 Å². The third kappa shape index (κ3) is 7.31. The number of aryl methyl sites for hydroxylation is 1. The van der Waals surface area contributed by atoms with E-state index in [1.165, 1.54) is 44.1 Å². The zero-order valence-corrected chi connectivity index (χ0v) is 13.5. The Morgan fingerprint density at radius 1 is 1.32 bits per heavy atom. The van der Waals surface area contributed by atoms with Gasteiger partial charge in [-0.15, -0.1) is 0 Å². The van der Waals surface area contributed by atoms with Crippen LogP contribution in [0.1, 0.15) is 64.9 Å². The van der Waals surface area contributed by atoms with Gasteiger partial charge in [0.25, 0.3) is 0 Å². The van der Waals surface area contributed by atoms with Crippen LogP contribution in [-0.2, 0) is 0 Å². The first-order valence-electron chi connectivity index (χ1n) is 7.78. The highest BCUT2D eigenvalue weighted by atomic mass is 15.0. The summed E-state index contributed by atoms with van der Waals surface area (Å²) in [6, 6.07) is 3.95. The molecule has 0 aromatic carbocycles. The Morgan fingerprint density at radius 3 is 2.26 bits per heavy atom. The van der Waals surface area contributed by atoms with Crippen LogP contribution in [-0.4, -0.2) is 17.6 Å². The van der Waals surface area contributed by atoms with Crippen molar-refractivity contribution in [3.63, 3.8) is 0 Å². The average Bonchev–Trinajstić information content (AvgIpc) is 2.42. The summed E-state index contributed by atoms with van der Waals surface area (Å²) in [6.45, 7) is 8.29. The van der Waals surface area contributed by atoms with Crippen LogP contribution in [0.15, 0.2) is 24.5 Å². The molecule has 1 N–H and O–H groups in total. The molecule has 0 unspecified atom stereocenters. The van der Waals surface area contributed by atoms with Crippen LogP contribution in [0.3, 0.4) is 0 Å². The largest absolute Gasteiger partial charge is 0.314 e. The Balaban J connectivity index is 0.000000316. The molecular weight excluding hydrogens is 232 g/mol. The molecule has 0 atom stereocenters. The highest BCUT2D eigenvalue weighted by molar-refractivity contribution is 5.04. The highest BCUT2D eigenvalue weighted by Gasteiger charge is 2.33. The van der Waals surface area contributed by atoms with Gasteiger partial charge in [0.2, 0.25) is 0 Å². The van der Waals surface area contributed by atoms with Gasteiger partial charge in [-0.25, -0.2) is 0 Å². The summed E-state index contributed by atoms with van der Waals surface area (Å²) in [6.07, 6.45) is 12.0. The predicted octanol–water partition coefficient (Wildman–Crippen LogP) is 4.73. The zero-order chi connectivity index (χ0) is 14.6. The van der Waals surface area contributed by atoms with Crippen molar-refractivity contribution >= 4 is 0 Å². The lowest BCUT2D eigenvalue weighted by Crippen LogP contribution is -2.48. The number of pyridine rings is 1. The molecule has 0 bridgehead atoms. The molecule has 19 heavy (non-hydrogen) atoms. The molecule has 110 valence electrons. The number of unbranched alkanes of at least 4 members (excludes halogenated alkanes) is 1. The summed E-state index contributed by atoms with van der Waals surface area (Å²) in [5.41, 5.74) is 1.78. The van der Waals surface area contributed by atoms with Crippen molar-refractivity contribution in [2.75, 3.05) is 7.05 Å². The summed E-state index contributed by atoms with van der Waals surface area (Å²) >= 11 is 0. The maximum Gasteiger partial charge on any atom is 0.0297 e. The fraction of sp³-hybridized carbons (Fsp3) is 0.706. The minimum Gasteiger partial charge on any atom is -0.314 e. The number of hydrogen-bond donors (Lipinski definition) is 1. The molecule has 1 saturated carbocycles. The normalized spacial score (nSPS) is 15.2. The van der Waals surface area contributed by atoms with Crippen LogP contribution in [0.2, 0.25) is 0 Å². The lowest BCUT2D eigenvalue weighted by molar-refractivity contribution is 0.179. The first-order valence-corrected chi connectivity index (χ1v) is 7.78. The summed E-state index contributed by atoms with van der Waals surface area (Å²) in [4.78, 5) is 3.88. The SMILES string of the molecule is CC.CCCCC1(NC)CCC1.Cc1cccnc1.